The van der Waals surface area contributed by atoms with E-state index in [-0.39, 0.29) is 23.7 Å². The largest absolute Gasteiger partial charge is 0.457 e. The van der Waals surface area contributed by atoms with Gasteiger partial charge in [0, 0.05) is 36.7 Å². The van der Waals surface area contributed by atoms with Crippen LogP contribution in [0.1, 0.15) is 25.7 Å². The first-order valence-electron chi connectivity index (χ1n) is 9.61. The van der Waals surface area contributed by atoms with Crippen molar-refractivity contribution in [1.82, 2.24) is 4.90 Å². The van der Waals surface area contributed by atoms with Gasteiger partial charge in [-0.2, -0.15) is 0 Å². The summed E-state index contributed by atoms with van der Waals surface area (Å²) in [6.07, 6.45) is 3.51. The maximum atomic E-state index is 12.6. The van der Waals surface area contributed by atoms with Crippen molar-refractivity contribution in [2.24, 2.45) is 11.8 Å². The van der Waals surface area contributed by atoms with Gasteiger partial charge in [0.15, 0.2) is 0 Å². The molecule has 4 rings (SSSR count). The van der Waals surface area contributed by atoms with E-state index in [0.29, 0.717) is 18.8 Å². The lowest BCUT2D eigenvalue weighted by atomic mass is 9.95. The fourth-order valence-corrected chi connectivity index (χ4v) is 3.46. The number of nitrogens with zero attached hydrogens (tertiary/aromatic N) is 1. The summed E-state index contributed by atoms with van der Waals surface area (Å²) in [5, 5.41) is 2.99. The van der Waals surface area contributed by atoms with Gasteiger partial charge >= 0.3 is 0 Å². The number of amides is 2. The SMILES string of the molecule is O=C(Nc1cccc(Oc2ccccc2)c1)C1CCN(C(=O)C2CC2)CC1. The normalized spacial score (nSPS) is 17.4. The first kappa shape index (κ1) is 17.6. The van der Waals surface area contributed by atoms with Crippen LogP contribution in [0, 0.1) is 11.8 Å². The Morgan fingerprint density at radius 3 is 2.26 bits per heavy atom. The lowest BCUT2D eigenvalue weighted by Gasteiger charge is -2.31. The maximum Gasteiger partial charge on any atom is 0.227 e. The number of para-hydroxylation sites is 1. The molecule has 5 nitrogen and oxygen atoms in total. The third kappa shape index (κ3) is 4.48. The highest BCUT2D eigenvalue weighted by atomic mass is 16.5. The van der Waals surface area contributed by atoms with Gasteiger partial charge in [0.05, 0.1) is 0 Å². The summed E-state index contributed by atoms with van der Waals surface area (Å²) in [5.74, 6) is 1.94. The predicted octanol–water partition coefficient (Wildman–Crippen LogP) is 4.07. The Labute approximate surface area is 159 Å². The second-order valence-corrected chi connectivity index (χ2v) is 7.31. The van der Waals surface area contributed by atoms with E-state index in [4.69, 9.17) is 4.74 Å². The zero-order valence-electron chi connectivity index (χ0n) is 15.3. The van der Waals surface area contributed by atoms with Crippen molar-refractivity contribution < 1.29 is 14.3 Å². The summed E-state index contributed by atoms with van der Waals surface area (Å²) in [6, 6.07) is 17.0. The van der Waals surface area contributed by atoms with Gasteiger partial charge in [-0.05, 0) is 49.9 Å². The molecule has 2 aliphatic rings. The molecule has 2 amide bonds. The molecule has 0 unspecified atom stereocenters. The highest BCUT2D eigenvalue weighted by Crippen LogP contribution is 2.32. The van der Waals surface area contributed by atoms with E-state index in [1.165, 1.54) is 0 Å². The quantitative estimate of drug-likeness (QED) is 0.870. The molecule has 5 heteroatoms. The van der Waals surface area contributed by atoms with Gasteiger partial charge < -0.3 is 15.0 Å². The van der Waals surface area contributed by atoms with Crippen LogP contribution in [0.3, 0.4) is 0 Å². The van der Waals surface area contributed by atoms with Gasteiger partial charge in [0.25, 0.3) is 0 Å². The van der Waals surface area contributed by atoms with E-state index in [2.05, 4.69) is 5.32 Å². The Morgan fingerprint density at radius 1 is 0.852 bits per heavy atom. The standard InChI is InChI=1S/C22H24N2O3/c25-21(16-11-13-24(14-12-16)22(26)17-9-10-17)23-18-5-4-8-20(15-18)27-19-6-2-1-3-7-19/h1-8,15-17H,9-14H2,(H,23,25). The average Bonchev–Trinajstić information content (AvgIpc) is 3.54. The van der Waals surface area contributed by atoms with Crippen LogP contribution in [0.15, 0.2) is 54.6 Å². The number of carbonyl (C=O) groups is 2. The molecule has 0 aromatic heterocycles. The first-order chi connectivity index (χ1) is 13.2. The van der Waals surface area contributed by atoms with Gasteiger partial charge in [-0.1, -0.05) is 24.3 Å². The topological polar surface area (TPSA) is 58.6 Å². The molecule has 1 saturated carbocycles. The van der Waals surface area contributed by atoms with Crippen molar-refractivity contribution in [2.45, 2.75) is 25.7 Å². The molecule has 1 heterocycles. The monoisotopic (exact) mass is 364 g/mol. The molecule has 0 spiro atoms. The molecule has 1 aliphatic heterocycles. The fourth-order valence-electron chi connectivity index (χ4n) is 3.46. The molecule has 1 aliphatic carbocycles. The third-order valence-corrected chi connectivity index (χ3v) is 5.18. The minimum Gasteiger partial charge on any atom is -0.457 e. The average molecular weight is 364 g/mol. The molecule has 2 aromatic rings. The number of carbonyl (C=O) groups excluding carboxylic acids is 2. The highest BCUT2D eigenvalue weighted by Gasteiger charge is 2.35. The van der Waals surface area contributed by atoms with E-state index in [9.17, 15) is 9.59 Å². The first-order valence-corrected chi connectivity index (χ1v) is 9.61. The van der Waals surface area contributed by atoms with Crippen LogP contribution in [0.2, 0.25) is 0 Å². The number of benzene rings is 2. The summed E-state index contributed by atoms with van der Waals surface area (Å²) < 4.78 is 5.82. The van der Waals surface area contributed by atoms with Crippen molar-refractivity contribution in [1.29, 1.82) is 0 Å². The van der Waals surface area contributed by atoms with Gasteiger partial charge in [-0.15, -0.1) is 0 Å². The van der Waals surface area contributed by atoms with Crippen molar-refractivity contribution in [3.8, 4) is 11.5 Å². The Morgan fingerprint density at radius 2 is 1.56 bits per heavy atom. The molecule has 27 heavy (non-hydrogen) atoms. The molecular weight excluding hydrogens is 340 g/mol. The molecule has 0 radical (unpaired) electrons. The number of nitrogens with one attached hydrogen (secondary N) is 1. The van der Waals surface area contributed by atoms with Gasteiger partial charge in [0.2, 0.25) is 11.8 Å². The van der Waals surface area contributed by atoms with Crippen LogP contribution in [0.25, 0.3) is 0 Å². The minimum absolute atomic E-state index is 0.0189. The smallest absolute Gasteiger partial charge is 0.227 e. The van der Waals surface area contributed by atoms with Gasteiger partial charge in [-0.3, -0.25) is 9.59 Å². The van der Waals surface area contributed by atoms with E-state index in [1.54, 1.807) is 0 Å². The van der Waals surface area contributed by atoms with Crippen LogP contribution < -0.4 is 10.1 Å². The zero-order chi connectivity index (χ0) is 18.6. The van der Waals surface area contributed by atoms with Crippen molar-refractivity contribution in [3.63, 3.8) is 0 Å². The van der Waals surface area contributed by atoms with Crippen molar-refractivity contribution in [2.75, 3.05) is 18.4 Å². The summed E-state index contributed by atoms with van der Waals surface area (Å²) in [4.78, 5) is 26.7. The second kappa shape index (κ2) is 7.82. The van der Waals surface area contributed by atoms with E-state index >= 15 is 0 Å². The molecular formula is C22H24N2O3. The van der Waals surface area contributed by atoms with Crippen LogP contribution in [-0.4, -0.2) is 29.8 Å². The number of anilines is 1. The number of hydrogen-bond donors (Lipinski definition) is 1. The highest BCUT2D eigenvalue weighted by molar-refractivity contribution is 5.93. The fraction of sp³-hybridized carbons (Fsp3) is 0.364. The van der Waals surface area contributed by atoms with Crippen LogP contribution >= 0.6 is 0 Å². The number of ether oxygens (including phenoxy) is 1. The predicted molar refractivity (Wildman–Crippen MR) is 104 cm³/mol. The molecule has 2 fully saturated rings. The van der Waals surface area contributed by atoms with E-state index < -0.39 is 0 Å². The summed E-state index contributed by atoms with van der Waals surface area (Å²) in [5.41, 5.74) is 0.727. The molecule has 0 bridgehead atoms. The summed E-state index contributed by atoms with van der Waals surface area (Å²) >= 11 is 0. The Balaban J connectivity index is 1.32. The maximum absolute atomic E-state index is 12.6. The van der Waals surface area contributed by atoms with Crippen LogP contribution in [0.5, 0.6) is 11.5 Å². The zero-order valence-corrected chi connectivity index (χ0v) is 15.3. The van der Waals surface area contributed by atoms with Crippen LogP contribution in [-0.2, 0) is 9.59 Å². The minimum atomic E-state index is -0.0491. The van der Waals surface area contributed by atoms with Gasteiger partial charge in [-0.25, -0.2) is 0 Å². The third-order valence-electron chi connectivity index (χ3n) is 5.18. The Bertz CT molecular complexity index is 809. The van der Waals surface area contributed by atoms with Crippen molar-refractivity contribution >= 4 is 17.5 Å². The summed E-state index contributed by atoms with van der Waals surface area (Å²) in [6.45, 7) is 1.37. The van der Waals surface area contributed by atoms with E-state index in [1.807, 2.05) is 59.5 Å². The summed E-state index contributed by atoms with van der Waals surface area (Å²) in [7, 11) is 0. The second-order valence-electron chi connectivity index (χ2n) is 7.31. The lowest BCUT2D eigenvalue weighted by molar-refractivity contribution is -0.135. The van der Waals surface area contributed by atoms with Crippen LogP contribution in [0.4, 0.5) is 5.69 Å². The Hall–Kier alpha value is -2.82. The van der Waals surface area contributed by atoms with Crippen molar-refractivity contribution in [3.05, 3.63) is 54.6 Å². The van der Waals surface area contributed by atoms with Gasteiger partial charge in [0.1, 0.15) is 11.5 Å². The number of hydrogen-bond acceptors (Lipinski definition) is 3. The molecule has 2 aromatic carbocycles. The van der Waals surface area contributed by atoms with E-state index in [0.717, 1.165) is 37.1 Å². The molecule has 140 valence electrons. The number of piperidine rings is 1. The molecule has 1 saturated heterocycles. The molecule has 1 N–H and O–H groups in total. The Kier molecular flexibility index (Phi) is 5.10. The number of likely N-dealkylation sites (tertiary alicyclic amines) is 1. The lowest BCUT2D eigenvalue weighted by Crippen LogP contribution is -2.42. The number of rotatable bonds is 5. The molecule has 0 atom stereocenters.